The minimum absolute atomic E-state index is 0.0303. The van der Waals surface area contributed by atoms with Crippen LogP contribution in [0.4, 0.5) is 20.8 Å². The Kier molecular flexibility index (Phi) is 8.05. The molecule has 1 heterocycles. The highest BCUT2D eigenvalue weighted by Crippen LogP contribution is 2.36. The van der Waals surface area contributed by atoms with Crippen LogP contribution in [0.2, 0.25) is 0 Å². The van der Waals surface area contributed by atoms with Crippen LogP contribution in [-0.2, 0) is 11.3 Å². The molecule has 1 aliphatic rings. The van der Waals surface area contributed by atoms with Crippen LogP contribution in [-0.4, -0.2) is 35.9 Å². The van der Waals surface area contributed by atoms with Gasteiger partial charge >= 0.3 is 6.09 Å². The number of carbonyl (C=O) groups is 1. The number of hydrogen-bond donors (Lipinski definition) is 3. The van der Waals surface area contributed by atoms with Crippen LogP contribution in [0.3, 0.4) is 0 Å². The van der Waals surface area contributed by atoms with Gasteiger partial charge in [-0.1, -0.05) is 12.1 Å². The van der Waals surface area contributed by atoms with E-state index in [1.165, 1.54) is 6.07 Å². The molecule has 3 N–H and O–H groups in total. The summed E-state index contributed by atoms with van der Waals surface area (Å²) in [5.41, 5.74) is 1.44. The van der Waals surface area contributed by atoms with Gasteiger partial charge in [-0.2, -0.15) is 5.26 Å². The number of alkyl carbamates (subject to hydrolysis) is 1. The zero-order valence-electron chi connectivity index (χ0n) is 21.2. The van der Waals surface area contributed by atoms with Crippen molar-refractivity contribution in [1.29, 1.82) is 5.26 Å². The van der Waals surface area contributed by atoms with Crippen molar-refractivity contribution in [3.63, 3.8) is 0 Å². The van der Waals surface area contributed by atoms with Gasteiger partial charge in [-0.05, 0) is 76.6 Å². The molecule has 8 nitrogen and oxygen atoms in total. The predicted octanol–water partition coefficient (Wildman–Crippen LogP) is 5.13. The van der Waals surface area contributed by atoms with Crippen molar-refractivity contribution < 1.29 is 18.7 Å². The first kappa shape index (κ1) is 26.1. The molecule has 0 spiro atoms. The number of nitriles is 1. The van der Waals surface area contributed by atoms with Crippen molar-refractivity contribution in [2.24, 2.45) is 5.92 Å². The van der Waals surface area contributed by atoms with Crippen molar-refractivity contribution in [3.05, 3.63) is 46.8 Å². The maximum absolute atomic E-state index is 14.9. The normalized spacial score (nSPS) is 14.9. The number of halogens is 1. The molecule has 188 valence electrons. The highest BCUT2D eigenvalue weighted by atomic mass is 19.1. The van der Waals surface area contributed by atoms with Gasteiger partial charge in [0.05, 0.1) is 18.7 Å². The Morgan fingerprint density at radius 2 is 2.00 bits per heavy atom. The molecular formula is C26H34FN5O3. The first-order valence-corrected chi connectivity index (χ1v) is 11.7. The average molecular weight is 484 g/mol. The van der Waals surface area contributed by atoms with E-state index in [2.05, 4.69) is 20.9 Å². The number of aromatic nitrogens is 1. The van der Waals surface area contributed by atoms with E-state index in [-0.39, 0.29) is 35.2 Å². The molecule has 1 aliphatic carbocycles. The Balaban J connectivity index is 1.76. The fraction of sp³-hybridized carbons (Fsp3) is 0.500. The van der Waals surface area contributed by atoms with Crippen LogP contribution in [0.25, 0.3) is 0 Å². The fourth-order valence-corrected chi connectivity index (χ4v) is 3.82. The zero-order valence-corrected chi connectivity index (χ0v) is 21.2. The first-order chi connectivity index (χ1) is 16.5. The van der Waals surface area contributed by atoms with E-state index in [1.54, 1.807) is 27.9 Å². The van der Waals surface area contributed by atoms with Gasteiger partial charge in [-0.15, -0.1) is 0 Å². The van der Waals surface area contributed by atoms with Gasteiger partial charge in [0.2, 0.25) is 0 Å². The lowest BCUT2D eigenvalue weighted by Crippen LogP contribution is -2.47. The molecule has 0 aliphatic heterocycles. The third-order valence-corrected chi connectivity index (χ3v) is 5.75. The van der Waals surface area contributed by atoms with E-state index >= 15 is 0 Å². The van der Waals surface area contributed by atoms with Crippen molar-refractivity contribution in [2.75, 3.05) is 17.7 Å². The second-order valence-corrected chi connectivity index (χ2v) is 9.93. The number of pyridine rings is 1. The molecule has 2 atom stereocenters. The smallest absolute Gasteiger partial charge is 0.407 e. The molecule has 1 amide bonds. The number of hydrogen-bond acceptors (Lipinski definition) is 7. The molecule has 0 saturated heterocycles. The van der Waals surface area contributed by atoms with Gasteiger partial charge in [-0.25, -0.2) is 14.2 Å². The first-order valence-electron chi connectivity index (χ1n) is 11.7. The number of methoxy groups -OCH3 is 1. The van der Waals surface area contributed by atoms with Crippen LogP contribution in [0, 0.1) is 30.0 Å². The van der Waals surface area contributed by atoms with E-state index in [1.807, 2.05) is 38.1 Å². The molecule has 1 saturated carbocycles. The summed E-state index contributed by atoms with van der Waals surface area (Å²) in [7, 11) is 1.61. The fourth-order valence-electron chi connectivity index (χ4n) is 3.82. The zero-order chi connectivity index (χ0) is 25.8. The average Bonchev–Trinajstić information content (AvgIpc) is 3.61. The van der Waals surface area contributed by atoms with E-state index in [0.717, 1.165) is 29.7 Å². The Morgan fingerprint density at radius 3 is 2.60 bits per heavy atom. The van der Waals surface area contributed by atoms with E-state index in [0.29, 0.717) is 6.54 Å². The van der Waals surface area contributed by atoms with Crippen LogP contribution in [0.1, 0.15) is 57.2 Å². The summed E-state index contributed by atoms with van der Waals surface area (Å²) < 4.78 is 25.6. The molecule has 0 unspecified atom stereocenters. The van der Waals surface area contributed by atoms with Crippen molar-refractivity contribution >= 4 is 17.7 Å². The number of ether oxygens (including phenoxy) is 2. The highest BCUT2D eigenvalue weighted by Gasteiger charge is 2.37. The number of aryl methyl sites for hydroxylation is 1. The second-order valence-electron chi connectivity index (χ2n) is 9.93. The van der Waals surface area contributed by atoms with Gasteiger partial charge in [0.1, 0.15) is 23.2 Å². The molecule has 1 aromatic heterocycles. The van der Waals surface area contributed by atoms with Crippen LogP contribution in [0.5, 0.6) is 5.75 Å². The third kappa shape index (κ3) is 7.22. The lowest BCUT2D eigenvalue weighted by atomic mass is 10.0. The van der Waals surface area contributed by atoms with Crippen molar-refractivity contribution in [3.8, 4) is 11.8 Å². The Hall–Kier alpha value is -3.54. The molecule has 1 aromatic carbocycles. The van der Waals surface area contributed by atoms with Gasteiger partial charge < -0.3 is 25.4 Å². The summed E-state index contributed by atoms with van der Waals surface area (Å²) in [5.74, 6) is 0.714. The number of rotatable bonds is 9. The summed E-state index contributed by atoms with van der Waals surface area (Å²) in [6.45, 7) is 9.58. The number of amides is 1. The Morgan fingerprint density at radius 1 is 1.29 bits per heavy atom. The van der Waals surface area contributed by atoms with Gasteiger partial charge in [0.15, 0.2) is 11.6 Å². The molecular weight excluding hydrogens is 449 g/mol. The van der Waals surface area contributed by atoms with E-state index in [9.17, 15) is 14.4 Å². The second kappa shape index (κ2) is 10.8. The number of nitrogens with one attached hydrogen (secondary N) is 3. The summed E-state index contributed by atoms with van der Waals surface area (Å²) >= 11 is 0. The SMILES string of the molecule is COc1cc(CNc2nc(N[C@H](C3CC3)[C@H](C)NC(=O)OC(C)(C)C)c(F)cc2C#N)ccc1C. The number of anilines is 2. The number of carbonyl (C=O) groups excluding carboxylic acids is 1. The van der Waals surface area contributed by atoms with Crippen LogP contribution in [0.15, 0.2) is 24.3 Å². The molecule has 35 heavy (non-hydrogen) atoms. The van der Waals surface area contributed by atoms with Crippen molar-refractivity contribution in [1.82, 2.24) is 10.3 Å². The standard InChI is InChI=1S/C26H34FN5O3/c1-15-7-8-17(11-21(15)34-6)14-29-23-19(13-28)12-20(27)24(32-23)31-22(18-9-10-18)16(2)30-25(33)35-26(3,4)5/h7-8,11-12,16,18,22H,9-10,14H2,1-6H3,(H,30,33)(H2,29,31,32)/t16-,22-/m0/s1. The van der Waals surface area contributed by atoms with Gasteiger partial charge in [0, 0.05) is 12.6 Å². The Labute approximate surface area is 206 Å². The maximum atomic E-state index is 14.9. The largest absolute Gasteiger partial charge is 0.496 e. The predicted molar refractivity (Wildman–Crippen MR) is 133 cm³/mol. The lowest BCUT2D eigenvalue weighted by molar-refractivity contribution is 0.0501. The minimum Gasteiger partial charge on any atom is -0.496 e. The number of nitrogens with zero attached hydrogens (tertiary/aromatic N) is 2. The van der Waals surface area contributed by atoms with Crippen molar-refractivity contribution in [2.45, 2.75) is 71.7 Å². The van der Waals surface area contributed by atoms with Gasteiger partial charge in [-0.3, -0.25) is 0 Å². The maximum Gasteiger partial charge on any atom is 0.407 e. The van der Waals surface area contributed by atoms with Crippen LogP contribution < -0.4 is 20.7 Å². The molecule has 0 radical (unpaired) electrons. The molecule has 3 rings (SSSR count). The molecule has 9 heteroatoms. The summed E-state index contributed by atoms with van der Waals surface area (Å²) in [6, 6.07) is 8.41. The van der Waals surface area contributed by atoms with Gasteiger partial charge in [0.25, 0.3) is 0 Å². The topological polar surface area (TPSA) is 108 Å². The monoisotopic (exact) mass is 483 g/mol. The summed E-state index contributed by atoms with van der Waals surface area (Å²) in [4.78, 5) is 16.6. The Bertz CT molecular complexity index is 1110. The lowest BCUT2D eigenvalue weighted by Gasteiger charge is -2.28. The van der Waals surface area contributed by atoms with E-state index < -0.39 is 17.5 Å². The van der Waals surface area contributed by atoms with Crippen LogP contribution >= 0.6 is 0 Å². The van der Waals surface area contributed by atoms with E-state index in [4.69, 9.17) is 9.47 Å². The highest BCUT2D eigenvalue weighted by molar-refractivity contribution is 5.68. The molecule has 1 fully saturated rings. The molecule has 2 aromatic rings. The summed E-state index contributed by atoms with van der Waals surface area (Å²) in [6.07, 6.45) is 1.41. The minimum atomic E-state index is -0.626. The molecule has 0 bridgehead atoms. The number of benzene rings is 1. The quantitative estimate of drug-likeness (QED) is 0.454. The summed E-state index contributed by atoms with van der Waals surface area (Å²) in [5, 5.41) is 18.7. The third-order valence-electron chi connectivity index (χ3n) is 5.75.